The van der Waals surface area contributed by atoms with Gasteiger partial charge in [0.1, 0.15) is 10.6 Å². The molecule has 1 aliphatic rings. The van der Waals surface area contributed by atoms with E-state index in [1.54, 1.807) is 18.2 Å². The Labute approximate surface area is 112 Å². The Morgan fingerprint density at radius 3 is 2.89 bits per heavy atom. The van der Waals surface area contributed by atoms with Gasteiger partial charge in [0.05, 0.1) is 26.4 Å². The molecule has 1 aromatic carbocycles. The minimum atomic E-state index is -3.63. The van der Waals surface area contributed by atoms with Gasteiger partial charge in [-0.1, -0.05) is 12.1 Å². The summed E-state index contributed by atoms with van der Waals surface area (Å²) in [7, 11) is -2.20. The van der Waals surface area contributed by atoms with Crippen LogP contribution in [0.3, 0.4) is 0 Å². The van der Waals surface area contributed by atoms with Crippen LogP contribution >= 0.6 is 0 Å². The van der Waals surface area contributed by atoms with E-state index < -0.39 is 16.1 Å². The number of morpholine rings is 1. The second-order valence-corrected chi connectivity index (χ2v) is 6.10. The standard InChI is InChI=1S/C12H17NO5S/c1-17-11-4-2-3-5-12(11)19(15,16)13-6-7-18-10(8-13)9-14/h2-5,10,14H,6-9H2,1H3. The molecule has 0 amide bonds. The Hall–Kier alpha value is -1.15. The highest BCUT2D eigenvalue weighted by Gasteiger charge is 2.32. The second-order valence-electron chi connectivity index (χ2n) is 4.19. The molecule has 1 saturated heterocycles. The number of para-hydroxylation sites is 1. The fourth-order valence-corrected chi connectivity index (χ4v) is 3.60. The molecule has 6 nitrogen and oxygen atoms in total. The normalized spacial score (nSPS) is 21.3. The van der Waals surface area contributed by atoms with Crippen molar-refractivity contribution in [3.8, 4) is 5.75 Å². The molecule has 1 aliphatic heterocycles. The molecule has 2 rings (SSSR count). The predicted octanol–water partition coefficient (Wildman–Crippen LogP) is 0.0770. The molecule has 1 atom stereocenters. The van der Waals surface area contributed by atoms with Crippen LogP contribution in [-0.4, -0.2) is 57.3 Å². The summed E-state index contributed by atoms with van der Waals surface area (Å²) < 4.78 is 36.7. The molecule has 7 heteroatoms. The topological polar surface area (TPSA) is 76.1 Å². The van der Waals surface area contributed by atoms with Gasteiger partial charge >= 0.3 is 0 Å². The zero-order valence-electron chi connectivity index (χ0n) is 10.7. The van der Waals surface area contributed by atoms with Crippen LogP contribution in [0.4, 0.5) is 0 Å². The summed E-state index contributed by atoms with van der Waals surface area (Å²) in [6, 6.07) is 6.49. The quantitative estimate of drug-likeness (QED) is 0.848. The lowest BCUT2D eigenvalue weighted by Gasteiger charge is -2.31. The molecule has 0 spiro atoms. The van der Waals surface area contributed by atoms with Crippen LogP contribution in [0, 0.1) is 0 Å². The number of sulfonamides is 1. The molecule has 1 N–H and O–H groups in total. The summed E-state index contributed by atoms with van der Waals surface area (Å²) in [5, 5.41) is 9.07. The Balaban J connectivity index is 2.31. The molecule has 1 aromatic rings. The third-order valence-electron chi connectivity index (χ3n) is 2.99. The highest BCUT2D eigenvalue weighted by atomic mass is 32.2. The lowest BCUT2D eigenvalue weighted by atomic mass is 10.3. The maximum Gasteiger partial charge on any atom is 0.246 e. The molecule has 0 saturated carbocycles. The number of nitrogens with zero attached hydrogens (tertiary/aromatic N) is 1. The number of hydrogen-bond acceptors (Lipinski definition) is 5. The Kier molecular flexibility index (Phi) is 4.41. The van der Waals surface area contributed by atoms with Crippen molar-refractivity contribution in [2.24, 2.45) is 0 Å². The molecule has 19 heavy (non-hydrogen) atoms. The third-order valence-corrected chi connectivity index (χ3v) is 4.90. The minimum absolute atomic E-state index is 0.135. The van der Waals surface area contributed by atoms with Crippen LogP contribution in [0.25, 0.3) is 0 Å². The smallest absolute Gasteiger partial charge is 0.246 e. The molecule has 0 radical (unpaired) electrons. The molecule has 0 aliphatic carbocycles. The van der Waals surface area contributed by atoms with Gasteiger partial charge in [-0.3, -0.25) is 0 Å². The number of methoxy groups -OCH3 is 1. The summed E-state index contributed by atoms with van der Waals surface area (Å²) in [5.74, 6) is 0.314. The molecule has 1 unspecified atom stereocenters. The lowest BCUT2D eigenvalue weighted by molar-refractivity contribution is -0.0304. The van der Waals surface area contributed by atoms with Crippen molar-refractivity contribution >= 4 is 10.0 Å². The van der Waals surface area contributed by atoms with Gasteiger partial charge in [-0.25, -0.2) is 8.42 Å². The SMILES string of the molecule is COc1ccccc1S(=O)(=O)N1CCOC(CO)C1. The molecule has 1 heterocycles. The first-order chi connectivity index (χ1) is 9.09. The number of hydrogen-bond donors (Lipinski definition) is 1. The van der Waals surface area contributed by atoms with E-state index in [9.17, 15) is 8.42 Å². The average Bonchev–Trinajstić information content (AvgIpc) is 2.47. The van der Waals surface area contributed by atoms with Gasteiger partial charge in [0.15, 0.2) is 0 Å². The summed E-state index contributed by atoms with van der Waals surface area (Å²) >= 11 is 0. The van der Waals surface area contributed by atoms with E-state index in [-0.39, 0.29) is 31.2 Å². The largest absolute Gasteiger partial charge is 0.495 e. The Morgan fingerprint density at radius 2 is 2.21 bits per heavy atom. The monoisotopic (exact) mass is 287 g/mol. The maximum absolute atomic E-state index is 12.5. The van der Waals surface area contributed by atoms with Crippen molar-refractivity contribution in [1.82, 2.24) is 4.31 Å². The maximum atomic E-state index is 12.5. The van der Waals surface area contributed by atoms with Crippen molar-refractivity contribution in [3.05, 3.63) is 24.3 Å². The summed E-state index contributed by atoms with van der Waals surface area (Å²) in [4.78, 5) is 0.135. The van der Waals surface area contributed by atoms with Gasteiger partial charge in [0, 0.05) is 13.1 Å². The van der Waals surface area contributed by atoms with E-state index in [1.165, 1.54) is 17.5 Å². The zero-order valence-corrected chi connectivity index (χ0v) is 11.5. The van der Waals surface area contributed by atoms with E-state index in [0.717, 1.165) is 0 Å². The van der Waals surface area contributed by atoms with Crippen molar-refractivity contribution in [2.75, 3.05) is 33.4 Å². The highest BCUT2D eigenvalue weighted by molar-refractivity contribution is 7.89. The number of benzene rings is 1. The average molecular weight is 287 g/mol. The number of rotatable bonds is 4. The van der Waals surface area contributed by atoms with E-state index >= 15 is 0 Å². The van der Waals surface area contributed by atoms with Crippen molar-refractivity contribution in [2.45, 2.75) is 11.0 Å². The van der Waals surface area contributed by atoms with Crippen LogP contribution in [0.15, 0.2) is 29.2 Å². The molecular weight excluding hydrogens is 270 g/mol. The first kappa shape index (κ1) is 14.3. The van der Waals surface area contributed by atoms with Gasteiger partial charge in [-0.05, 0) is 12.1 Å². The first-order valence-corrected chi connectivity index (χ1v) is 7.39. The van der Waals surface area contributed by atoms with Crippen molar-refractivity contribution in [1.29, 1.82) is 0 Å². The van der Waals surface area contributed by atoms with Crippen molar-refractivity contribution in [3.63, 3.8) is 0 Å². The van der Waals surface area contributed by atoms with Gasteiger partial charge < -0.3 is 14.6 Å². The Bertz CT molecular complexity index is 531. The summed E-state index contributed by atoms with van der Waals surface area (Å²) in [6.45, 7) is 0.505. The van der Waals surface area contributed by atoms with Gasteiger partial charge in [0.25, 0.3) is 0 Å². The third kappa shape index (κ3) is 2.89. The van der Waals surface area contributed by atoms with Crippen LogP contribution < -0.4 is 4.74 Å². The number of aliphatic hydroxyl groups is 1. The molecule has 0 aromatic heterocycles. The van der Waals surface area contributed by atoms with Crippen LogP contribution in [0.1, 0.15) is 0 Å². The summed E-state index contributed by atoms with van der Waals surface area (Å²) in [5.41, 5.74) is 0. The van der Waals surface area contributed by atoms with Gasteiger partial charge in [-0.15, -0.1) is 0 Å². The van der Waals surface area contributed by atoms with E-state index in [0.29, 0.717) is 5.75 Å². The fraction of sp³-hybridized carbons (Fsp3) is 0.500. The van der Waals surface area contributed by atoms with Crippen molar-refractivity contribution < 1.29 is 23.0 Å². The molecule has 1 fully saturated rings. The van der Waals surface area contributed by atoms with Crippen LogP contribution in [0.5, 0.6) is 5.75 Å². The van der Waals surface area contributed by atoms with Gasteiger partial charge in [-0.2, -0.15) is 4.31 Å². The van der Waals surface area contributed by atoms with Crippen LogP contribution in [-0.2, 0) is 14.8 Å². The second kappa shape index (κ2) is 5.87. The lowest BCUT2D eigenvalue weighted by Crippen LogP contribution is -2.46. The van der Waals surface area contributed by atoms with E-state index in [4.69, 9.17) is 14.6 Å². The molecule has 106 valence electrons. The number of aliphatic hydroxyl groups excluding tert-OH is 1. The summed E-state index contributed by atoms with van der Waals surface area (Å²) in [6.07, 6.45) is -0.474. The van der Waals surface area contributed by atoms with E-state index in [1.807, 2.05) is 0 Å². The van der Waals surface area contributed by atoms with Crippen LogP contribution in [0.2, 0.25) is 0 Å². The van der Waals surface area contributed by atoms with E-state index in [2.05, 4.69) is 0 Å². The fourth-order valence-electron chi connectivity index (χ4n) is 1.99. The molecular formula is C12H17NO5S. The first-order valence-electron chi connectivity index (χ1n) is 5.95. The van der Waals surface area contributed by atoms with Gasteiger partial charge in [0.2, 0.25) is 10.0 Å². The predicted molar refractivity (Wildman–Crippen MR) is 68.6 cm³/mol. The number of ether oxygens (including phenoxy) is 2. The zero-order chi connectivity index (χ0) is 13.9. The highest BCUT2D eigenvalue weighted by Crippen LogP contribution is 2.27. The minimum Gasteiger partial charge on any atom is -0.495 e. The Morgan fingerprint density at radius 1 is 1.47 bits per heavy atom. The molecule has 0 bridgehead atoms.